The molecule has 1 aromatic carbocycles. The zero-order valence-corrected chi connectivity index (χ0v) is 12.0. The molecule has 98 valence electrons. The van der Waals surface area contributed by atoms with Gasteiger partial charge in [0, 0.05) is 5.69 Å². The van der Waals surface area contributed by atoms with Gasteiger partial charge >= 0.3 is 0 Å². The minimum absolute atomic E-state index is 0.335. The molecule has 5 heteroatoms. The molecule has 0 saturated heterocycles. The van der Waals surface area contributed by atoms with Crippen LogP contribution in [0.2, 0.25) is 10.0 Å². The van der Waals surface area contributed by atoms with Crippen molar-refractivity contribution < 1.29 is 4.74 Å². The van der Waals surface area contributed by atoms with Crippen LogP contribution in [-0.2, 0) is 0 Å². The van der Waals surface area contributed by atoms with Crippen LogP contribution in [0.4, 0.5) is 5.69 Å². The van der Waals surface area contributed by atoms with E-state index < -0.39 is 0 Å². The van der Waals surface area contributed by atoms with Gasteiger partial charge in [-0.2, -0.15) is 5.26 Å². The highest BCUT2D eigenvalue weighted by Gasteiger charge is 2.16. The monoisotopic (exact) mass is 286 g/mol. The van der Waals surface area contributed by atoms with E-state index in [2.05, 4.69) is 6.07 Å². The first-order valence-corrected chi connectivity index (χ1v) is 6.40. The number of halogens is 2. The Bertz CT molecular complexity index is 444. The van der Waals surface area contributed by atoms with Gasteiger partial charge in [-0.25, -0.2) is 0 Å². The lowest BCUT2D eigenvalue weighted by Crippen LogP contribution is -2.10. The van der Waals surface area contributed by atoms with Crippen LogP contribution in [0.25, 0.3) is 0 Å². The topological polar surface area (TPSA) is 59.0 Å². The summed E-state index contributed by atoms with van der Waals surface area (Å²) >= 11 is 12.0. The van der Waals surface area contributed by atoms with Gasteiger partial charge in [0.15, 0.2) is 5.75 Å². The third-order valence-corrected chi connectivity index (χ3v) is 3.08. The Morgan fingerprint density at radius 3 is 2.39 bits per heavy atom. The highest BCUT2D eigenvalue weighted by molar-refractivity contribution is 6.37. The summed E-state index contributed by atoms with van der Waals surface area (Å²) in [5, 5.41) is 9.69. The molecule has 3 nitrogen and oxygen atoms in total. The summed E-state index contributed by atoms with van der Waals surface area (Å²) in [5.41, 5.74) is 5.77. The van der Waals surface area contributed by atoms with Gasteiger partial charge in [0.25, 0.3) is 0 Å². The molecule has 0 bridgehead atoms. The summed E-state index contributed by atoms with van der Waals surface area (Å²) in [7, 11) is 0. The van der Waals surface area contributed by atoms with Crippen LogP contribution in [0, 0.1) is 16.7 Å². The number of nitriles is 1. The number of hydrogen-bond acceptors (Lipinski definition) is 3. The molecular weight excluding hydrogens is 271 g/mol. The van der Waals surface area contributed by atoms with Crippen molar-refractivity contribution in [2.75, 3.05) is 12.3 Å². The van der Waals surface area contributed by atoms with E-state index >= 15 is 0 Å². The quantitative estimate of drug-likeness (QED) is 0.649. The van der Waals surface area contributed by atoms with E-state index in [0.29, 0.717) is 28.1 Å². The molecule has 0 radical (unpaired) electrons. The molecule has 0 amide bonds. The second-order valence-electron chi connectivity index (χ2n) is 4.76. The smallest absolute Gasteiger partial charge is 0.156 e. The predicted molar refractivity (Wildman–Crippen MR) is 75.0 cm³/mol. The number of nitrogen functional groups attached to an aromatic ring is 1. The molecule has 0 aromatic heterocycles. The molecule has 0 aliphatic heterocycles. The van der Waals surface area contributed by atoms with E-state index in [0.717, 1.165) is 12.8 Å². The van der Waals surface area contributed by atoms with Crippen molar-refractivity contribution in [3.63, 3.8) is 0 Å². The van der Waals surface area contributed by atoms with Crippen molar-refractivity contribution >= 4 is 28.9 Å². The average molecular weight is 287 g/mol. The third kappa shape index (κ3) is 4.29. The Balaban J connectivity index is 2.53. The summed E-state index contributed by atoms with van der Waals surface area (Å²) in [5.74, 6) is 0.447. The summed E-state index contributed by atoms with van der Waals surface area (Å²) < 4.78 is 5.53. The van der Waals surface area contributed by atoms with Crippen molar-refractivity contribution in [3.8, 4) is 11.8 Å². The Labute approximate surface area is 117 Å². The maximum Gasteiger partial charge on any atom is 0.156 e. The van der Waals surface area contributed by atoms with Crippen LogP contribution >= 0.6 is 23.2 Å². The van der Waals surface area contributed by atoms with Crippen LogP contribution < -0.4 is 10.5 Å². The third-order valence-electron chi connectivity index (χ3n) is 2.52. The summed E-state index contributed by atoms with van der Waals surface area (Å²) in [6.45, 7) is 4.26. The first-order valence-electron chi connectivity index (χ1n) is 5.64. The summed E-state index contributed by atoms with van der Waals surface area (Å²) in [6, 6.07) is 5.44. The molecule has 0 fully saturated rings. The zero-order chi connectivity index (χ0) is 13.8. The van der Waals surface area contributed by atoms with Gasteiger partial charge in [-0.3, -0.25) is 0 Å². The molecule has 0 spiro atoms. The maximum atomic E-state index is 8.88. The number of ether oxygens (including phenoxy) is 1. The van der Waals surface area contributed by atoms with E-state index in [1.54, 1.807) is 12.1 Å². The molecule has 2 N–H and O–H groups in total. The number of nitrogens with zero attached hydrogens (tertiary/aromatic N) is 1. The van der Waals surface area contributed by atoms with E-state index in [-0.39, 0.29) is 5.41 Å². The molecule has 0 aliphatic carbocycles. The number of anilines is 1. The lowest BCUT2D eigenvalue weighted by Gasteiger charge is -2.15. The Hall–Kier alpha value is -1.11. The second kappa shape index (κ2) is 6.17. The molecule has 0 aliphatic rings. The Kier molecular flexibility index (Phi) is 5.13. The fourth-order valence-corrected chi connectivity index (χ4v) is 2.07. The first kappa shape index (κ1) is 14.9. The minimum Gasteiger partial charge on any atom is -0.490 e. The van der Waals surface area contributed by atoms with Gasteiger partial charge in [0.1, 0.15) is 0 Å². The standard InChI is InChI=1S/C13H16Cl2N2O/c1-13(2,8-16)4-3-5-18-12-10(14)6-9(17)7-11(12)15/h6-7H,3-5,17H2,1-2H3. The Morgan fingerprint density at radius 2 is 1.89 bits per heavy atom. The van der Waals surface area contributed by atoms with Crippen molar-refractivity contribution in [1.29, 1.82) is 5.26 Å². The predicted octanol–water partition coefficient (Wildman–Crippen LogP) is 4.28. The van der Waals surface area contributed by atoms with E-state index in [1.807, 2.05) is 13.8 Å². The van der Waals surface area contributed by atoms with E-state index in [1.165, 1.54) is 0 Å². The molecule has 0 unspecified atom stereocenters. The van der Waals surface area contributed by atoms with Crippen molar-refractivity contribution in [2.24, 2.45) is 5.41 Å². The van der Waals surface area contributed by atoms with Crippen molar-refractivity contribution in [2.45, 2.75) is 26.7 Å². The molecule has 1 rings (SSSR count). The zero-order valence-electron chi connectivity index (χ0n) is 10.5. The fraction of sp³-hybridized carbons (Fsp3) is 0.462. The van der Waals surface area contributed by atoms with E-state index in [9.17, 15) is 0 Å². The normalized spacial score (nSPS) is 11.1. The lowest BCUT2D eigenvalue weighted by molar-refractivity contribution is 0.284. The summed E-state index contributed by atoms with van der Waals surface area (Å²) in [6.07, 6.45) is 1.52. The van der Waals surface area contributed by atoms with E-state index in [4.69, 9.17) is 38.9 Å². The van der Waals surface area contributed by atoms with Crippen LogP contribution in [-0.4, -0.2) is 6.61 Å². The number of benzene rings is 1. The molecular formula is C13H16Cl2N2O. The number of rotatable bonds is 5. The van der Waals surface area contributed by atoms with Crippen LogP contribution in [0.5, 0.6) is 5.75 Å². The number of nitrogens with two attached hydrogens (primary N) is 1. The Morgan fingerprint density at radius 1 is 1.33 bits per heavy atom. The molecule has 1 aromatic rings. The second-order valence-corrected chi connectivity index (χ2v) is 5.58. The largest absolute Gasteiger partial charge is 0.490 e. The van der Waals surface area contributed by atoms with Gasteiger partial charge in [0.05, 0.1) is 28.1 Å². The molecule has 0 heterocycles. The fourth-order valence-electron chi connectivity index (χ4n) is 1.46. The minimum atomic E-state index is -0.335. The van der Waals surface area contributed by atoms with Gasteiger partial charge in [0.2, 0.25) is 0 Å². The molecule has 0 atom stereocenters. The average Bonchev–Trinajstić information content (AvgIpc) is 2.26. The SMILES string of the molecule is CC(C)(C#N)CCCOc1c(Cl)cc(N)cc1Cl. The van der Waals surface area contributed by atoms with Gasteiger partial charge in [-0.1, -0.05) is 23.2 Å². The number of hydrogen-bond donors (Lipinski definition) is 1. The lowest BCUT2D eigenvalue weighted by atomic mass is 9.90. The van der Waals surface area contributed by atoms with Gasteiger partial charge in [-0.15, -0.1) is 0 Å². The van der Waals surface area contributed by atoms with Crippen LogP contribution in [0.1, 0.15) is 26.7 Å². The molecule has 0 saturated carbocycles. The van der Waals surface area contributed by atoms with Crippen LogP contribution in [0.15, 0.2) is 12.1 Å². The first-order chi connectivity index (χ1) is 8.35. The van der Waals surface area contributed by atoms with Crippen LogP contribution in [0.3, 0.4) is 0 Å². The van der Waals surface area contributed by atoms with Gasteiger partial charge in [-0.05, 0) is 38.8 Å². The van der Waals surface area contributed by atoms with Gasteiger partial charge < -0.3 is 10.5 Å². The van der Waals surface area contributed by atoms with Crippen molar-refractivity contribution in [3.05, 3.63) is 22.2 Å². The summed E-state index contributed by atoms with van der Waals surface area (Å²) in [4.78, 5) is 0. The van der Waals surface area contributed by atoms with Crippen molar-refractivity contribution in [1.82, 2.24) is 0 Å². The molecule has 18 heavy (non-hydrogen) atoms. The highest BCUT2D eigenvalue weighted by atomic mass is 35.5. The maximum absolute atomic E-state index is 8.88. The highest BCUT2D eigenvalue weighted by Crippen LogP contribution is 2.35.